The summed E-state index contributed by atoms with van der Waals surface area (Å²) in [6, 6.07) is 11.1. The highest BCUT2D eigenvalue weighted by atomic mass is 16.5. The molecule has 4 heteroatoms. The van der Waals surface area contributed by atoms with Crippen molar-refractivity contribution in [2.45, 2.75) is 52.0 Å². The van der Waals surface area contributed by atoms with Gasteiger partial charge < -0.3 is 9.64 Å². The summed E-state index contributed by atoms with van der Waals surface area (Å²) in [5.74, 6) is 3.47. The molecule has 1 aliphatic carbocycles. The van der Waals surface area contributed by atoms with E-state index in [1.54, 1.807) is 0 Å². The Hall–Kier alpha value is -1.55. The highest BCUT2D eigenvalue weighted by Crippen LogP contribution is 2.39. The molecule has 1 saturated carbocycles. The summed E-state index contributed by atoms with van der Waals surface area (Å²) < 4.78 is 6.19. The van der Waals surface area contributed by atoms with Crippen LogP contribution in [0.15, 0.2) is 30.3 Å². The van der Waals surface area contributed by atoms with Crippen molar-refractivity contribution in [3.63, 3.8) is 0 Å². The first-order valence-electron chi connectivity index (χ1n) is 11.3. The molecule has 2 atom stereocenters. The van der Waals surface area contributed by atoms with Crippen molar-refractivity contribution in [2.24, 2.45) is 23.7 Å². The van der Waals surface area contributed by atoms with Gasteiger partial charge in [0.05, 0.1) is 6.61 Å². The number of ether oxygens (including phenoxy) is 1. The van der Waals surface area contributed by atoms with Gasteiger partial charge in [-0.15, -0.1) is 0 Å². The number of hydrogen-bond acceptors (Lipinski definition) is 3. The molecule has 4 rings (SSSR count). The number of nitrogens with zero attached hydrogens (tertiary/aromatic N) is 2. The number of carbonyl (C=O) groups is 1. The van der Waals surface area contributed by atoms with Crippen LogP contribution in [0.2, 0.25) is 0 Å². The van der Waals surface area contributed by atoms with Gasteiger partial charge >= 0.3 is 0 Å². The topological polar surface area (TPSA) is 32.8 Å². The molecule has 0 unspecified atom stereocenters. The van der Waals surface area contributed by atoms with Crippen molar-refractivity contribution in [2.75, 3.05) is 32.8 Å². The minimum absolute atomic E-state index is 0.115. The zero-order valence-corrected chi connectivity index (χ0v) is 17.6. The third kappa shape index (κ3) is 4.37. The lowest BCUT2D eigenvalue weighted by molar-refractivity contribution is -0.136. The SMILES string of the molecule is CC(C)C(=O)N1CCC([C@@H]2CN(C3CCC3)C[C@H]2COc2ccccc2)CC1. The molecule has 0 N–H and O–H groups in total. The molecule has 0 spiro atoms. The summed E-state index contributed by atoms with van der Waals surface area (Å²) in [6.07, 6.45) is 6.46. The van der Waals surface area contributed by atoms with Crippen LogP contribution in [0.4, 0.5) is 0 Å². The van der Waals surface area contributed by atoms with Gasteiger partial charge in [-0.05, 0) is 49.7 Å². The maximum Gasteiger partial charge on any atom is 0.225 e. The summed E-state index contributed by atoms with van der Waals surface area (Å²) in [5.41, 5.74) is 0. The quantitative estimate of drug-likeness (QED) is 0.741. The Bertz CT molecular complexity index is 635. The minimum atomic E-state index is 0.115. The van der Waals surface area contributed by atoms with Crippen molar-refractivity contribution in [1.82, 2.24) is 9.80 Å². The van der Waals surface area contributed by atoms with Crippen LogP contribution in [-0.4, -0.2) is 54.5 Å². The van der Waals surface area contributed by atoms with Crippen LogP contribution < -0.4 is 4.74 Å². The van der Waals surface area contributed by atoms with Gasteiger partial charge in [0.1, 0.15) is 5.75 Å². The fraction of sp³-hybridized carbons (Fsp3) is 0.708. The summed E-state index contributed by atoms with van der Waals surface area (Å²) in [4.78, 5) is 17.2. The van der Waals surface area contributed by atoms with Gasteiger partial charge in [0.25, 0.3) is 0 Å². The number of para-hydroxylation sites is 1. The Labute approximate surface area is 170 Å². The second kappa shape index (κ2) is 8.86. The van der Waals surface area contributed by atoms with E-state index in [1.165, 1.54) is 32.4 Å². The van der Waals surface area contributed by atoms with Crippen molar-refractivity contribution < 1.29 is 9.53 Å². The van der Waals surface area contributed by atoms with Crippen LogP contribution in [0.3, 0.4) is 0 Å². The smallest absolute Gasteiger partial charge is 0.225 e. The molecule has 1 aromatic carbocycles. The minimum Gasteiger partial charge on any atom is -0.493 e. The highest BCUT2D eigenvalue weighted by Gasteiger charge is 2.42. The van der Waals surface area contributed by atoms with E-state index in [9.17, 15) is 4.79 Å². The Morgan fingerprint density at radius 3 is 2.39 bits per heavy atom. The summed E-state index contributed by atoms with van der Waals surface area (Å²) in [5, 5.41) is 0. The molecule has 1 amide bonds. The third-order valence-electron chi connectivity index (χ3n) is 7.27. The summed E-state index contributed by atoms with van der Waals surface area (Å²) in [6.45, 7) is 9.14. The van der Waals surface area contributed by atoms with Gasteiger partial charge in [-0.3, -0.25) is 9.69 Å². The van der Waals surface area contributed by atoms with Crippen LogP contribution in [0.1, 0.15) is 46.0 Å². The number of hydrogen-bond donors (Lipinski definition) is 0. The molecule has 2 heterocycles. The molecule has 0 bridgehead atoms. The van der Waals surface area contributed by atoms with E-state index in [-0.39, 0.29) is 5.92 Å². The van der Waals surface area contributed by atoms with Crippen LogP contribution in [0.5, 0.6) is 5.75 Å². The van der Waals surface area contributed by atoms with Gasteiger partial charge in [-0.1, -0.05) is 38.5 Å². The lowest BCUT2D eigenvalue weighted by Gasteiger charge is -2.38. The number of benzene rings is 1. The molecular formula is C24H36N2O2. The molecular weight excluding hydrogens is 348 g/mol. The number of amides is 1. The van der Waals surface area contributed by atoms with Crippen molar-refractivity contribution >= 4 is 5.91 Å². The van der Waals surface area contributed by atoms with Gasteiger partial charge in [0.2, 0.25) is 5.91 Å². The average molecular weight is 385 g/mol. The fourth-order valence-corrected chi connectivity index (χ4v) is 5.32. The number of carbonyl (C=O) groups excluding carboxylic acids is 1. The predicted octanol–water partition coefficient (Wildman–Crippen LogP) is 4.06. The standard InChI is InChI=1S/C24H36N2O2/c1-18(2)24(27)25-13-11-19(12-14-25)23-16-26(21-7-6-8-21)15-20(23)17-28-22-9-4-3-5-10-22/h3-5,9-10,18-21,23H,6-8,11-17H2,1-2H3/t20-,23-/m0/s1. The van der Waals surface area contributed by atoms with E-state index < -0.39 is 0 Å². The Morgan fingerprint density at radius 1 is 1.07 bits per heavy atom. The first-order chi connectivity index (χ1) is 13.6. The molecule has 1 aromatic rings. The molecule has 4 nitrogen and oxygen atoms in total. The van der Waals surface area contributed by atoms with E-state index in [1.807, 2.05) is 32.0 Å². The van der Waals surface area contributed by atoms with Gasteiger partial charge in [0, 0.05) is 44.1 Å². The van der Waals surface area contributed by atoms with E-state index >= 15 is 0 Å². The molecule has 28 heavy (non-hydrogen) atoms. The van der Waals surface area contributed by atoms with Gasteiger partial charge in [-0.25, -0.2) is 0 Å². The van der Waals surface area contributed by atoms with Crippen LogP contribution in [0, 0.1) is 23.7 Å². The second-order valence-electron chi connectivity index (χ2n) is 9.40. The first-order valence-corrected chi connectivity index (χ1v) is 11.3. The molecule has 0 radical (unpaired) electrons. The lowest BCUT2D eigenvalue weighted by Crippen LogP contribution is -2.43. The Morgan fingerprint density at radius 2 is 1.79 bits per heavy atom. The predicted molar refractivity (Wildman–Crippen MR) is 112 cm³/mol. The largest absolute Gasteiger partial charge is 0.493 e. The Kier molecular flexibility index (Phi) is 6.25. The van der Waals surface area contributed by atoms with E-state index in [4.69, 9.17) is 4.74 Å². The maximum absolute atomic E-state index is 12.3. The van der Waals surface area contributed by atoms with Crippen LogP contribution in [-0.2, 0) is 4.79 Å². The zero-order chi connectivity index (χ0) is 19.5. The van der Waals surface area contributed by atoms with E-state index in [2.05, 4.69) is 21.9 Å². The third-order valence-corrected chi connectivity index (χ3v) is 7.27. The summed E-state index contributed by atoms with van der Waals surface area (Å²) >= 11 is 0. The number of piperidine rings is 1. The van der Waals surface area contributed by atoms with Crippen molar-refractivity contribution in [1.29, 1.82) is 0 Å². The van der Waals surface area contributed by atoms with Crippen LogP contribution in [0.25, 0.3) is 0 Å². The molecule has 0 aromatic heterocycles. The number of likely N-dealkylation sites (tertiary alicyclic amines) is 2. The average Bonchev–Trinajstić information content (AvgIpc) is 3.08. The van der Waals surface area contributed by atoms with E-state index in [0.29, 0.717) is 17.7 Å². The highest BCUT2D eigenvalue weighted by molar-refractivity contribution is 5.78. The molecule has 2 saturated heterocycles. The van der Waals surface area contributed by atoms with Gasteiger partial charge in [-0.2, -0.15) is 0 Å². The fourth-order valence-electron chi connectivity index (χ4n) is 5.32. The maximum atomic E-state index is 12.3. The molecule has 2 aliphatic heterocycles. The van der Waals surface area contributed by atoms with E-state index in [0.717, 1.165) is 50.2 Å². The van der Waals surface area contributed by atoms with Gasteiger partial charge in [0.15, 0.2) is 0 Å². The zero-order valence-electron chi connectivity index (χ0n) is 17.6. The van der Waals surface area contributed by atoms with Crippen molar-refractivity contribution in [3.8, 4) is 5.75 Å². The number of rotatable bonds is 6. The summed E-state index contributed by atoms with van der Waals surface area (Å²) in [7, 11) is 0. The lowest BCUT2D eigenvalue weighted by atomic mass is 9.78. The van der Waals surface area contributed by atoms with Crippen molar-refractivity contribution in [3.05, 3.63) is 30.3 Å². The normalized spacial score (nSPS) is 27.2. The first kappa shape index (κ1) is 19.8. The Balaban J connectivity index is 1.37. The van der Waals surface area contributed by atoms with Crippen LogP contribution >= 0.6 is 0 Å². The molecule has 3 aliphatic rings. The molecule has 3 fully saturated rings. The second-order valence-corrected chi connectivity index (χ2v) is 9.40. The molecule has 154 valence electrons. The monoisotopic (exact) mass is 384 g/mol.